The third-order valence-electron chi connectivity index (χ3n) is 4.98. The lowest BCUT2D eigenvalue weighted by Gasteiger charge is -2.30. The molecule has 1 atom stereocenters. The number of ether oxygens (including phenoxy) is 2. The summed E-state index contributed by atoms with van der Waals surface area (Å²) in [5.41, 5.74) is 9.47. The van der Waals surface area contributed by atoms with Gasteiger partial charge in [-0.3, -0.25) is 9.89 Å². The highest BCUT2D eigenvalue weighted by Gasteiger charge is 2.18. The molecule has 31 heavy (non-hydrogen) atoms. The van der Waals surface area contributed by atoms with Gasteiger partial charge < -0.3 is 25.6 Å². The zero-order chi connectivity index (χ0) is 21.3. The minimum atomic E-state index is -0.586. The molecule has 0 aliphatic carbocycles. The molecule has 170 valence electrons. The number of β-amino-alcohol motifs (C(OH)–C–C–N with tert-alkyl or cyclic N) is 1. The molecule has 0 aromatic heterocycles. The SMILES string of the molecule is CCOc1ccc(OCC)c(NC(N)=NCC(O)CN2CCc3ccccc3C2)c1.I. The minimum absolute atomic E-state index is 0. The van der Waals surface area contributed by atoms with Crippen molar-refractivity contribution in [2.75, 3.05) is 38.2 Å². The van der Waals surface area contributed by atoms with Crippen LogP contribution in [0.15, 0.2) is 47.5 Å². The molecule has 8 heteroatoms. The first-order chi connectivity index (χ1) is 14.6. The number of nitrogens with zero attached hydrogens (tertiary/aromatic N) is 2. The van der Waals surface area contributed by atoms with E-state index in [4.69, 9.17) is 15.2 Å². The van der Waals surface area contributed by atoms with Gasteiger partial charge in [0.1, 0.15) is 11.5 Å². The fraction of sp³-hybridized carbons (Fsp3) is 0.435. The highest BCUT2D eigenvalue weighted by molar-refractivity contribution is 14.0. The molecule has 0 saturated carbocycles. The molecule has 0 saturated heterocycles. The molecule has 3 rings (SSSR count). The van der Waals surface area contributed by atoms with E-state index in [0.29, 0.717) is 31.2 Å². The van der Waals surface area contributed by atoms with E-state index in [2.05, 4.69) is 39.5 Å². The second-order valence-corrected chi connectivity index (χ2v) is 7.28. The lowest BCUT2D eigenvalue weighted by Crippen LogP contribution is -2.38. The monoisotopic (exact) mass is 540 g/mol. The van der Waals surface area contributed by atoms with E-state index in [1.807, 2.05) is 32.0 Å². The summed E-state index contributed by atoms with van der Waals surface area (Å²) in [6, 6.07) is 14.0. The average molecular weight is 540 g/mol. The first-order valence-corrected chi connectivity index (χ1v) is 10.5. The van der Waals surface area contributed by atoms with Crippen LogP contribution in [-0.4, -0.2) is 54.9 Å². The Balaban J connectivity index is 0.00000341. The number of guanidine groups is 1. The van der Waals surface area contributed by atoms with E-state index >= 15 is 0 Å². The van der Waals surface area contributed by atoms with Gasteiger partial charge in [-0.2, -0.15) is 0 Å². The van der Waals surface area contributed by atoms with Gasteiger partial charge in [-0.15, -0.1) is 24.0 Å². The minimum Gasteiger partial charge on any atom is -0.494 e. The van der Waals surface area contributed by atoms with E-state index in [0.717, 1.165) is 25.3 Å². The van der Waals surface area contributed by atoms with E-state index in [1.165, 1.54) is 11.1 Å². The smallest absolute Gasteiger partial charge is 0.193 e. The van der Waals surface area contributed by atoms with Gasteiger partial charge in [0.05, 0.1) is 31.5 Å². The van der Waals surface area contributed by atoms with E-state index in [9.17, 15) is 5.11 Å². The van der Waals surface area contributed by atoms with Gasteiger partial charge in [-0.25, -0.2) is 0 Å². The van der Waals surface area contributed by atoms with Gasteiger partial charge in [0, 0.05) is 25.7 Å². The third kappa shape index (κ3) is 7.55. The number of nitrogens with one attached hydrogen (secondary N) is 1. The molecule has 0 radical (unpaired) electrons. The van der Waals surface area contributed by atoms with Crippen LogP contribution in [0.5, 0.6) is 11.5 Å². The van der Waals surface area contributed by atoms with Crippen molar-refractivity contribution < 1.29 is 14.6 Å². The lowest BCUT2D eigenvalue weighted by atomic mass is 10.00. The maximum absolute atomic E-state index is 10.4. The number of nitrogens with two attached hydrogens (primary N) is 1. The van der Waals surface area contributed by atoms with Crippen molar-refractivity contribution in [3.63, 3.8) is 0 Å². The Morgan fingerprint density at radius 2 is 1.90 bits per heavy atom. The molecule has 0 bridgehead atoms. The van der Waals surface area contributed by atoms with Crippen molar-refractivity contribution in [1.82, 2.24) is 4.90 Å². The number of anilines is 1. The zero-order valence-corrected chi connectivity index (χ0v) is 20.5. The fourth-order valence-electron chi connectivity index (χ4n) is 3.59. The number of benzene rings is 2. The molecular weight excluding hydrogens is 507 g/mol. The average Bonchev–Trinajstić information content (AvgIpc) is 2.74. The van der Waals surface area contributed by atoms with Gasteiger partial charge in [-0.05, 0) is 43.5 Å². The molecule has 4 N–H and O–H groups in total. The number of aliphatic hydroxyl groups is 1. The maximum Gasteiger partial charge on any atom is 0.193 e. The van der Waals surface area contributed by atoms with Crippen molar-refractivity contribution in [2.45, 2.75) is 32.9 Å². The summed E-state index contributed by atoms with van der Waals surface area (Å²) in [7, 11) is 0. The van der Waals surface area contributed by atoms with Crippen molar-refractivity contribution in [3.05, 3.63) is 53.6 Å². The van der Waals surface area contributed by atoms with Crippen LogP contribution in [0.1, 0.15) is 25.0 Å². The van der Waals surface area contributed by atoms with Gasteiger partial charge in [0.15, 0.2) is 5.96 Å². The van der Waals surface area contributed by atoms with Gasteiger partial charge in [0.2, 0.25) is 0 Å². The molecule has 2 aromatic carbocycles. The van der Waals surface area contributed by atoms with E-state index < -0.39 is 6.10 Å². The van der Waals surface area contributed by atoms with Crippen LogP contribution in [0, 0.1) is 0 Å². The first-order valence-electron chi connectivity index (χ1n) is 10.5. The molecule has 1 aliphatic heterocycles. The maximum atomic E-state index is 10.4. The Bertz CT molecular complexity index is 862. The largest absolute Gasteiger partial charge is 0.494 e. The first kappa shape index (κ1) is 25.2. The molecule has 0 spiro atoms. The number of rotatable bonds is 9. The number of hydrogen-bond donors (Lipinski definition) is 3. The molecule has 0 amide bonds. The quantitative estimate of drug-likeness (QED) is 0.257. The fourth-order valence-corrected chi connectivity index (χ4v) is 3.59. The van der Waals surface area contributed by atoms with Crippen LogP contribution in [0.2, 0.25) is 0 Å². The van der Waals surface area contributed by atoms with Crippen LogP contribution >= 0.6 is 24.0 Å². The molecule has 1 heterocycles. The van der Waals surface area contributed by atoms with Crippen LogP contribution in [0.4, 0.5) is 5.69 Å². The Hall–Kier alpha value is -2.04. The van der Waals surface area contributed by atoms with Crippen LogP contribution < -0.4 is 20.5 Å². The lowest BCUT2D eigenvalue weighted by molar-refractivity contribution is 0.112. The van der Waals surface area contributed by atoms with Gasteiger partial charge >= 0.3 is 0 Å². The van der Waals surface area contributed by atoms with E-state index in [1.54, 1.807) is 0 Å². The Kier molecular flexibility index (Phi) is 10.4. The number of halogens is 1. The second-order valence-electron chi connectivity index (χ2n) is 7.28. The Labute approximate surface area is 201 Å². The number of aliphatic imine (C=N–C) groups is 1. The van der Waals surface area contributed by atoms with Gasteiger partial charge in [-0.1, -0.05) is 24.3 Å². The standard InChI is InChI=1S/C23H32N4O3.HI/c1-3-29-20-9-10-22(30-4-2)21(13-20)26-23(24)25-14-19(28)16-27-12-11-17-7-5-6-8-18(17)15-27;/h5-10,13,19,28H,3-4,11-12,14-16H2,1-2H3,(H3,24,25,26);1H. The summed E-state index contributed by atoms with van der Waals surface area (Å²) in [5.74, 6) is 1.63. The summed E-state index contributed by atoms with van der Waals surface area (Å²) in [4.78, 5) is 6.57. The summed E-state index contributed by atoms with van der Waals surface area (Å²) in [6.45, 7) is 7.55. The molecule has 0 fully saturated rings. The van der Waals surface area contributed by atoms with Gasteiger partial charge in [0.25, 0.3) is 0 Å². The van der Waals surface area contributed by atoms with Crippen molar-refractivity contribution in [3.8, 4) is 11.5 Å². The van der Waals surface area contributed by atoms with Crippen molar-refractivity contribution in [2.24, 2.45) is 10.7 Å². The normalized spacial score (nSPS) is 14.9. The second kappa shape index (κ2) is 12.7. The molecular formula is C23H33IN4O3. The summed E-state index contributed by atoms with van der Waals surface area (Å²) >= 11 is 0. The predicted molar refractivity (Wildman–Crippen MR) is 136 cm³/mol. The molecule has 2 aromatic rings. The topological polar surface area (TPSA) is 92.3 Å². The molecule has 1 unspecified atom stereocenters. The Morgan fingerprint density at radius 3 is 2.65 bits per heavy atom. The number of fused-ring (bicyclic) bond motifs is 1. The van der Waals surface area contributed by atoms with Crippen LogP contribution in [0.25, 0.3) is 0 Å². The highest BCUT2D eigenvalue weighted by Crippen LogP contribution is 2.29. The summed E-state index contributed by atoms with van der Waals surface area (Å²) in [6.07, 6.45) is 0.420. The summed E-state index contributed by atoms with van der Waals surface area (Å²) in [5, 5.41) is 13.5. The van der Waals surface area contributed by atoms with E-state index in [-0.39, 0.29) is 36.5 Å². The zero-order valence-electron chi connectivity index (χ0n) is 18.2. The number of aliphatic hydroxyl groups excluding tert-OH is 1. The van der Waals surface area contributed by atoms with Crippen molar-refractivity contribution >= 4 is 35.6 Å². The van der Waals surface area contributed by atoms with Crippen LogP contribution in [0.3, 0.4) is 0 Å². The van der Waals surface area contributed by atoms with Crippen LogP contribution in [-0.2, 0) is 13.0 Å². The van der Waals surface area contributed by atoms with Crippen molar-refractivity contribution in [1.29, 1.82) is 0 Å². The predicted octanol–water partition coefficient (Wildman–Crippen LogP) is 3.25. The highest BCUT2D eigenvalue weighted by atomic mass is 127. The molecule has 7 nitrogen and oxygen atoms in total. The molecule has 1 aliphatic rings. The Morgan fingerprint density at radius 1 is 1.16 bits per heavy atom. The third-order valence-corrected chi connectivity index (χ3v) is 4.98. The number of hydrogen-bond acceptors (Lipinski definition) is 5. The summed E-state index contributed by atoms with van der Waals surface area (Å²) < 4.78 is 11.2.